The Morgan fingerprint density at radius 1 is 1.23 bits per heavy atom. The van der Waals surface area contributed by atoms with Crippen LogP contribution in [0.1, 0.15) is 28.4 Å². The van der Waals surface area contributed by atoms with E-state index in [9.17, 15) is 14.4 Å². The third kappa shape index (κ3) is 4.73. The van der Waals surface area contributed by atoms with Crippen LogP contribution in [0.25, 0.3) is 0 Å². The second kappa shape index (κ2) is 9.09. The lowest BCUT2D eigenvalue weighted by molar-refractivity contribution is -0.117. The minimum absolute atomic E-state index is 0.142. The van der Waals surface area contributed by atoms with E-state index in [0.717, 1.165) is 38.6 Å². The highest BCUT2D eigenvalue weighted by Gasteiger charge is 2.33. The normalized spacial score (nSPS) is 13.2. The Balaban J connectivity index is 1.43. The molecule has 4 rings (SSSR count). The predicted octanol–water partition coefficient (Wildman–Crippen LogP) is 4.92. The number of carbonyl (C=O) groups excluding carboxylic acids is 3. The second-order valence-electron chi connectivity index (χ2n) is 6.68. The molecule has 2 N–H and O–H groups in total. The molecule has 0 radical (unpaired) electrons. The first-order valence-electron chi connectivity index (χ1n) is 9.39. The van der Waals surface area contributed by atoms with Gasteiger partial charge in [-0.1, -0.05) is 30.7 Å². The van der Waals surface area contributed by atoms with Gasteiger partial charge in [0.25, 0.3) is 5.91 Å². The van der Waals surface area contributed by atoms with Crippen molar-refractivity contribution in [2.75, 3.05) is 10.2 Å². The summed E-state index contributed by atoms with van der Waals surface area (Å²) in [4.78, 5) is 42.8. The van der Waals surface area contributed by atoms with Crippen molar-refractivity contribution < 1.29 is 14.4 Å². The number of aryl methyl sites for hydroxylation is 1. The van der Waals surface area contributed by atoms with Gasteiger partial charge in [-0.15, -0.1) is 11.3 Å². The van der Waals surface area contributed by atoms with Gasteiger partial charge >= 0.3 is 6.03 Å². The molecule has 1 aromatic carbocycles. The van der Waals surface area contributed by atoms with Crippen LogP contribution in [-0.4, -0.2) is 22.8 Å². The molecule has 158 valence electrons. The Morgan fingerprint density at radius 3 is 2.74 bits per heavy atom. The molecule has 0 saturated heterocycles. The molecule has 0 spiro atoms. The molecule has 2 aromatic heterocycles. The Labute approximate surface area is 191 Å². The van der Waals surface area contributed by atoms with Gasteiger partial charge in [-0.25, -0.2) is 14.7 Å². The quantitative estimate of drug-likeness (QED) is 0.406. The first-order chi connectivity index (χ1) is 14.9. The Kier molecular flexibility index (Phi) is 6.26. The third-order valence-corrected chi connectivity index (χ3v) is 6.78. The number of rotatable bonds is 5. The molecular formula is C21H17ClN4O3S2. The summed E-state index contributed by atoms with van der Waals surface area (Å²) in [5.41, 5.74) is 2.76. The molecule has 0 unspecified atom stereocenters. The molecule has 31 heavy (non-hydrogen) atoms. The summed E-state index contributed by atoms with van der Waals surface area (Å²) >= 11 is 8.36. The van der Waals surface area contributed by atoms with E-state index in [0.29, 0.717) is 15.6 Å². The summed E-state index contributed by atoms with van der Waals surface area (Å²) < 4.78 is 4.13. The number of halogens is 1. The lowest BCUT2D eigenvalue weighted by atomic mass is 9.95. The molecule has 0 atom stereocenters. The van der Waals surface area contributed by atoms with Crippen LogP contribution in [0, 0.1) is 0 Å². The van der Waals surface area contributed by atoms with E-state index in [2.05, 4.69) is 15.0 Å². The topological polar surface area (TPSA) is 91.4 Å². The maximum atomic E-state index is 12.9. The SMILES string of the molecule is CCc1ccc2c(c1)CC(=O)N(c1ccc(NC(=O)NSc3ccc(Cl)s3)cn1)C2=O. The standard InChI is InChI=1S/C21H17ClN4O3S2/c1-2-12-3-5-15-13(9-12)10-18(27)26(20(15)28)17-7-4-14(11-23-17)24-21(29)25-31-19-8-6-16(22)30-19/h3-9,11H,2,10H2,1H3,(H2,24,25,29). The molecule has 1 aliphatic heterocycles. The number of amides is 4. The van der Waals surface area contributed by atoms with E-state index < -0.39 is 11.9 Å². The van der Waals surface area contributed by atoms with Gasteiger partial charge < -0.3 is 5.32 Å². The van der Waals surface area contributed by atoms with Crippen molar-refractivity contribution in [3.8, 4) is 0 Å². The summed E-state index contributed by atoms with van der Waals surface area (Å²) in [6.07, 6.45) is 2.38. The van der Waals surface area contributed by atoms with Crippen molar-refractivity contribution >= 4 is 64.2 Å². The zero-order valence-electron chi connectivity index (χ0n) is 16.3. The number of benzene rings is 1. The van der Waals surface area contributed by atoms with Crippen LogP contribution >= 0.6 is 34.9 Å². The van der Waals surface area contributed by atoms with Crippen molar-refractivity contribution in [1.29, 1.82) is 0 Å². The number of pyridine rings is 1. The average Bonchev–Trinajstić information content (AvgIpc) is 3.18. The molecule has 0 aliphatic carbocycles. The fourth-order valence-corrected chi connectivity index (χ4v) is 4.98. The lowest BCUT2D eigenvalue weighted by Gasteiger charge is -2.26. The Bertz CT molecular complexity index is 1160. The summed E-state index contributed by atoms with van der Waals surface area (Å²) in [6, 6.07) is 11.8. The molecule has 10 heteroatoms. The fraction of sp³-hybridized carbons (Fsp3) is 0.143. The summed E-state index contributed by atoms with van der Waals surface area (Å²) in [5, 5.41) is 2.65. The molecular weight excluding hydrogens is 456 g/mol. The first-order valence-corrected chi connectivity index (χ1v) is 11.4. The van der Waals surface area contributed by atoms with Gasteiger partial charge in [-0.2, -0.15) is 0 Å². The zero-order valence-corrected chi connectivity index (χ0v) is 18.7. The minimum atomic E-state index is -0.435. The number of imide groups is 1. The number of thiophene rings is 1. The van der Waals surface area contributed by atoms with Gasteiger partial charge in [-0.3, -0.25) is 14.3 Å². The monoisotopic (exact) mass is 472 g/mol. The van der Waals surface area contributed by atoms with E-state index >= 15 is 0 Å². The van der Waals surface area contributed by atoms with E-state index in [-0.39, 0.29) is 18.1 Å². The summed E-state index contributed by atoms with van der Waals surface area (Å²) in [7, 11) is 0. The number of carbonyl (C=O) groups is 3. The van der Waals surface area contributed by atoms with Gasteiger partial charge in [0, 0.05) is 5.56 Å². The fourth-order valence-electron chi connectivity index (χ4n) is 3.13. The maximum absolute atomic E-state index is 12.9. The number of aromatic nitrogens is 1. The number of anilines is 2. The number of hydrogen-bond acceptors (Lipinski definition) is 6. The molecule has 0 bridgehead atoms. The Morgan fingerprint density at radius 2 is 2.06 bits per heavy atom. The van der Waals surface area contributed by atoms with Crippen molar-refractivity contribution in [3.05, 3.63) is 69.7 Å². The van der Waals surface area contributed by atoms with Crippen molar-refractivity contribution in [1.82, 2.24) is 9.71 Å². The van der Waals surface area contributed by atoms with Crippen LogP contribution in [0.4, 0.5) is 16.3 Å². The molecule has 0 saturated carbocycles. The highest BCUT2D eigenvalue weighted by molar-refractivity contribution is 7.99. The zero-order chi connectivity index (χ0) is 22.0. The molecule has 3 heterocycles. The van der Waals surface area contributed by atoms with Gasteiger partial charge in [0.05, 0.1) is 26.9 Å². The molecule has 4 amide bonds. The van der Waals surface area contributed by atoms with Crippen molar-refractivity contribution in [2.45, 2.75) is 24.0 Å². The third-order valence-electron chi connectivity index (χ3n) is 4.63. The van der Waals surface area contributed by atoms with E-state index in [1.54, 1.807) is 18.2 Å². The van der Waals surface area contributed by atoms with Crippen LogP contribution in [0.15, 0.2) is 52.9 Å². The van der Waals surface area contributed by atoms with Crippen molar-refractivity contribution in [2.24, 2.45) is 0 Å². The largest absolute Gasteiger partial charge is 0.329 e. The van der Waals surface area contributed by atoms with Crippen LogP contribution in [0.2, 0.25) is 4.34 Å². The minimum Gasteiger partial charge on any atom is -0.306 e. The van der Waals surface area contributed by atoms with Gasteiger partial charge in [0.1, 0.15) is 5.82 Å². The Hall–Kier alpha value is -2.88. The molecule has 3 aromatic rings. The van der Waals surface area contributed by atoms with E-state index in [1.807, 2.05) is 25.1 Å². The lowest BCUT2D eigenvalue weighted by Crippen LogP contribution is -2.43. The highest BCUT2D eigenvalue weighted by Crippen LogP contribution is 2.29. The highest BCUT2D eigenvalue weighted by atomic mass is 35.5. The molecule has 1 aliphatic rings. The number of nitrogens with zero attached hydrogens (tertiary/aromatic N) is 2. The number of nitrogens with one attached hydrogen (secondary N) is 2. The van der Waals surface area contributed by atoms with E-state index in [4.69, 9.17) is 11.6 Å². The molecule has 0 fully saturated rings. The van der Waals surface area contributed by atoms with Crippen LogP contribution in [0.3, 0.4) is 0 Å². The second-order valence-corrected chi connectivity index (χ2v) is 9.50. The number of hydrogen-bond donors (Lipinski definition) is 2. The van der Waals surface area contributed by atoms with Crippen LogP contribution < -0.4 is 14.9 Å². The average molecular weight is 473 g/mol. The first kappa shape index (κ1) is 21.4. The van der Waals surface area contributed by atoms with Gasteiger partial charge in [-0.05, 0) is 59.8 Å². The number of fused-ring (bicyclic) bond motifs is 1. The smallest absolute Gasteiger partial charge is 0.306 e. The summed E-state index contributed by atoms with van der Waals surface area (Å²) in [6.45, 7) is 2.02. The predicted molar refractivity (Wildman–Crippen MR) is 123 cm³/mol. The van der Waals surface area contributed by atoms with Crippen LogP contribution in [0.5, 0.6) is 0 Å². The maximum Gasteiger partial charge on any atom is 0.329 e. The van der Waals surface area contributed by atoms with Gasteiger partial charge in [0.2, 0.25) is 5.91 Å². The summed E-state index contributed by atoms with van der Waals surface area (Å²) in [5.74, 6) is -0.512. The molecule has 7 nitrogen and oxygen atoms in total. The van der Waals surface area contributed by atoms with Gasteiger partial charge in [0.15, 0.2) is 0 Å². The van der Waals surface area contributed by atoms with Crippen LogP contribution in [-0.2, 0) is 17.6 Å². The number of urea groups is 1. The van der Waals surface area contributed by atoms with Crippen molar-refractivity contribution in [3.63, 3.8) is 0 Å². The van der Waals surface area contributed by atoms with E-state index in [1.165, 1.54) is 23.6 Å².